The molecule has 0 heterocycles. The molecule has 0 radical (unpaired) electrons. The van der Waals surface area contributed by atoms with Crippen molar-refractivity contribution in [1.29, 1.82) is 0 Å². The van der Waals surface area contributed by atoms with Crippen molar-refractivity contribution in [2.24, 2.45) is 0 Å². The fourth-order valence-corrected chi connectivity index (χ4v) is 2.33. The van der Waals surface area contributed by atoms with Crippen molar-refractivity contribution >= 4 is 11.8 Å². The Kier molecular flexibility index (Phi) is 4.73. The van der Waals surface area contributed by atoms with Crippen molar-refractivity contribution < 1.29 is 0 Å². The first-order valence-electron chi connectivity index (χ1n) is 6.18. The molecule has 0 amide bonds. The van der Waals surface area contributed by atoms with E-state index < -0.39 is 0 Å². The van der Waals surface area contributed by atoms with Crippen LogP contribution in [0.25, 0.3) is 0 Å². The van der Waals surface area contributed by atoms with Gasteiger partial charge in [0, 0.05) is 6.54 Å². The molecule has 1 aromatic carbocycles. The molecule has 16 heavy (non-hydrogen) atoms. The normalized spacial score (nSPS) is 15.3. The van der Waals surface area contributed by atoms with Gasteiger partial charge >= 0.3 is 0 Å². The van der Waals surface area contributed by atoms with Crippen LogP contribution in [0.2, 0.25) is 0 Å². The molecule has 0 aliphatic heterocycles. The van der Waals surface area contributed by atoms with Gasteiger partial charge in [-0.1, -0.05) is 24.3 Å². The third-order valence-corrected chi connectivity index (χ3v) is 3.76. The van der Waals surface area contributed by atoms with E-state index in [1.54, 1.807) is 0 Å². The molecule has 0 aromatic heterocycles. The van der Waals surface area contributed by atoms with Crippen molar-refractivity contribution in [2.45, 2.75) is 31.7 Å². The van der Waals surface area contributed by atoms with E-state index in [1.165, 1.54) is 36.1 Å². The highest BCUT2D eigenvalue weighted by Crippen LogP contribution is 2.39. The number of rotatable bonds is 7. The first kappa shape index (κ1) is 12.0. The minimum absolute atomic E-state index is 0.878. The summed E-state index contributed by atoms with van der Waals surface area (Å²) in [4.78, 5) is 0. The smallest absolute Gasteiger partial charge is 0.0205 e. The van der Waals surface area contributed by atoms with E-state index in [4.69, 9.17) is 0 Å². The molecule has 1 fully saturated rings. The maximum absolute atomic E-state index is 3.49. The first-order valence-corrected chi connectivity index (χ1v) is 7.58. The minimum atomic E-state index is 0.878. The third-order valence-electron chi connectivity index (χ3n) is 3.06. The fraction of sp³-hybridized carbons (Fsp3) is 0.571. The van der Waals surface area contributed by atoms with Crippen LogP contribution < -0.4 is 5.32 Å². The first-order chi connectivity index (χ1) is 7.90. The summed E-state index contributed by atoms with van der Waals surface area (Å²) in [7, 11) is 0. The highest BCUT2D eigenvalue weighted by molar-refractivity contribution is 7.98. The Hall–Kier alpha value is -0.470. The van der Waals surface area contributed by atoms with Crippen molar-refractivity contribution in [3.05, 3.63) is 35.4 Å². The molecule has 0 atom stereocenters. The number of nitrogens with one attached hydrogen (secondary N) is 1. The molecule has 1 aliphatic rings. The Morgan fingerprint density at radius 2 is 2.00 bits per heavy atom. The molecular formula is C14H21NS. The van der Waals surface area contributed by atoms with Gasteiger partial charge in [-0.2, -0.15) is 11.8 Å². The molecular weight excluding hydrogens is 214 g/mol. The second-order valence-electron chi connectivity index (χ2n) is 4.54. The van der Waals surface area contributed by atoms with Gasteiger partial charge in [0.1, 0.15) is 0 Å². The van der Waals surface area contributed by atoms with E-state index in [0.717, 1.165) is 19.0 Å². The van der Waals surface area contributed by atoms with E-state index in [9.17, 15) is 0 Å². The standard InChI is InChI=1S/C14H21NS/c1-16-10-2-9-15-11-12-3-5-13(6-4-12)14-7-8-14/h3-6,14-15H,2,7-11H2,1H3. The molecule has 1 N–H and O–H groups in total. The molecule has 0 bridgehead atoms. The zero-order valence-electron chi connectivity index (χ0n) is 10.0. The summed E-state index contributed by atoms with van der Waals surface area (Å²) in [5.41, 5.74) is 2.94. The number of thioether (sulfide) groups is 1. The highest BCUT2D eigenvalue weighted by Gasteiger charge is 2.22. The zero-order valence-corrected chi connectivity index (χ0v) is 10.9. The van der Waals surface area contributed by atoms with Crippen LogP contribution in [0.15, 0.2) is 24.3 Å². The summed E-state index contributed by atoms with van der Waals surface area (Å²) >= 11 is 1.92. The third kappa shape index (κ3) is 3.84. The van der Waals surface area contributed by atoms with Crippen molar-refractivity contribution in [1.82, 2.24) is 5.32 Å². The van der Waals surface area contributed by atoms with E-state index in [1.807, 2.05) is 11.8 Å². The van der Waals surface area contributed by atoms with E-state index in [-0.39, 0.29) is 0 Å². The molecule has 0 unspecified atom stereocenters. The molecule has 1 aromatic rings. The van der Waals surface area contributed by atoms with Crippen LogP contribution in [0.3, 0.4) is 0 Å². The lowest BCUT2D eigenvalue weighted by atomic mass is 10.1. The van der Waals surface area contributed by atoms with Crippen LogP contribution in [0.4, 0.5) is 0 Å². The van der Waals surface area contributed by atoms with Gasteiger partial charge < -0.3 is 5.32 Å². The van der Waals surface area contributed by atoms with Gasteiger partial charge in [-0.25, -0.2) is 0 Å². The van der Waals surface area contributed by atoms with Crippen molar-refractivity contribution in [3.63, 3.8) is 0 Å². The summed E-state index contributed by atoms with van der Waals surface area (Å²) in [5, 5.41) is 3.49. The van der Waals surface area contributed by atoms with Gasteiger partial charge in [-0.15, -0.1) is 0 Å². The Morgan fingerprint density at radius 3 is 2.62 bits per heavy atom. The minimum Gasteiger partial charge on any atom is -0.313 e. The maximum atomic E-state index is 3.49. The molecule has 1 saturated carbocycles. The number of benzene rings is 1. The van der Waals surface area contributed by atoms with E-state index in [0.29, 0.717) is 0 Å². The van der Waals surface area contributed by atoms with Crippen molar-refractivity contribution in [2.75, 3.05) is 18.6 Å². The highest BCUT2D eigenvalue weighted by atomic mass is 32.2. The number of hydrogen-bond acceptors (Lipinski definition) is 2. The van der Waals surface area contributed by atoms with Crippen LogP contribution in [0.5, 0.6) is 0 Å². The van der Waals surface area contributed by atoms with E-state index in [2.05, 4.69) is 35.8 Å². The topological polar surface area (TPSA) is 12.0 Å². The monoisotopic (exact) mass is 235 g/mol. The molecule has 1 nitrogen and oxygen atoms in total. The SMILES string of the molecule is CSCCCNCc1ccc(C2CC2)cc1. The molecule has 0 saturated heterocycles. The predicted molar refractivity (Wildman–Crippen MR) is 73.1 cm³/mol. The molecule has 0 spiro atoms. The molecule has 1 aliphatic carbocycles. The Labute approximate surface area is 103 Å². The molecule has 88 valence electrons. The Morgan fingerprint density at radius 1 is 1.25 bits per heavy atom. The lowest BCUT2D eigenvalue weighted by Crippen LogP contribution is -2.15. The summed E-state index contributed by atoms with van der Waals surface area (Å²) in [6.07, 6.45) is 6.22. The van der Waals surface area contributed by atoms with Gasteiger partial charge in [-0.05, 0) is 54.9 Å². The van der Waals surface area contributed by atoms with E-state index >= 15 is 0 Å². The fourth-order valence-electron chi connectivity index (χ4n) is 1.90. The lowest BCUT2D eigenvalue weighted by Gasteiger charge is -2.05. The van der Waals surface area contributed by atoms with Crippen LogP contribution >= 0.6 is 11.8 Å². The second-order valence-corrected chi connectivity index (χ2v) is 5.52. The number of hydrogen-bond donors (Lipinski definition) is 1. The van der Waals surface area contributed by atoms with Gasteiger partial charge in [0.25, 0.3) is 0 Å². The Balaban J connectivity index is 1.68. The summed E-state index contributed by atoms with van der Waals surface area (Å²) < 4.78 is 0. The molecule has 2 heteroatoms. The maximum Gasteiger partial charge on any atom is 0.0205 e. The molecule has 2 rings (SSSR count). The van der Waals surface area contributed by atoms with Crippen molar-refractivity contribution in [3.8, 4) is 0 Å². The summed E-state index contributed by atoms with van der Waals surface area (Å²) in [6, 6.07) is 9.15. The van der Waals surface area contributed by atoms with Gasteiger partial charge in [-0.3, -0.25) is 0 Å². The van der Waals surface area contributed by atoms with Crippen LogP contribution in [0, 0.1) is 0 Å². The van der Waals surface area contributed by atoms with Crippen LogP contribution in [-0.4, -0.2) is 18.6 Å². The average molecular weight is 235 g/mol. The van der Waals surface area contributed by atoms with Crippen LogP contribution in [0.1, 0.15) is 36.3 Å². The lowest BCUT2D eigenvalue weighted by molar-refractivity contribution is 0.679. The predicted octanol–water partition coefficient (Wildman–Crippen LogP) is 3.41. The van der Waals surface area contributed by atoms with Crippen LogP contribution in [-0.2, 0) is 6.54 Å². The quantitative estimate of drug-likeness (QED) is 0.727. The average Bonchev–Trinajstić information content (AvgIpc) is 3.14. The van der Waals surface area contributed by atoms with Gasteiger partial charge in [0.15, 0.2) is 0 Å². The van der Waals surface area contributed by atoms with Gasteiger partial charge in [0.05, 0.1) is 0 Å². The zero-order chi connectivity index (χ0) is 11.2. The summed E-state index contributed by atoms with van der Waals surface area (Å²) in [6.45, 7) is 2.14. The Bertz CT molecular complexity index is 303. The largest absolute Gasteiger partial charge is 0.313 e. The second kappa shape index (κ2) is 6.31. The summed E-state index contributed by atoms with van der Waals surface area (Å²) in [5.74, 6) is 2.14. The van der Waals surface area contributed by atoms with Gasteiger partial charge in [0.2, 0.25) is 0 Å².